The lowest BCUT2D eigenvalue weighted by Crippen LogP contribution is -2.05. The van der Waals surface area contributed by atoms with Crippen LogP contribution in [-0.2, 0) is 6.42 Å². The summed E-state index contributed by atoms with van der Waals surface area (Å²) in [5, 5.41) is 2.98. The van der Waals surface area contributed by atoms with E-state index in [1.807, 2.05) is 6.92 Å². The van der Waals surface area contributed by atoms with Crippen molar-refractivity contribution in [1.29, 1.82) is 0 Å². The maximum atomic E-state index is 12.4. The van der Waals surface area contributed by atoms with Crippen molar-refractivity contribution in [3.63, 3.8) is 0 Å². The third kappa shape index (κ3) is 4.63. The number of aromatic nitrogens is 2. The third-order valence-corrected chi connectivity index (χ3v) is 2.99. The van der Waals surface area contributed by atoms with Gasteiger partial charge in [0.1, 0.15) is 22.0 Å². The number of anilines is 2. The van der Waals surface area contributed by atoms with Crippen molar-refractivity contribution in [2.75, 3.05) is 5.32 Å². The normalized spacial score (nSPS) is 10.7. The molecule has 0 amide bonds. The molecule has 7 heteroatoms. The molecule has 0 aliphatic rings. The molecular weight excluding hydrogens is 344 g/mol. The Bertz CT molecular complexity index is 611. The SMILES string of the molecule is CCCc1nc(Br)cc(Nc2ccccc2OC(F)F)n1. The molecular formula is C14H14BrF2N3O. The van der Waals surface area contributed by atoms with E-state index < -0.39 is 6.61 Å². The largest absolute Gasteiger partial charge is 0.433 e. The fraction of sp³-hybridized carbons (Fsp3) is 0.286. The van der Waals surface area contributed by atoms with Gasteiger partial charge < -0.3 is 10.1 Å². The van der Waals surface area contributed by atoms with Gasteiger partial charge in [0.25, 0.3) is 0 Å². The van der Waals surface area contributed by atoms with Crippen molar-refractivity contribution in [3.8, 4) is 5.75 Å². The molecule has 1 heterocycles. The minimum atomic E-state index is -2.87. The monoisotopic (exact) mass is 357 g/mol. The molecule has 1 N–H and O–H groups in total. The Labute approximate surface area is 129 Å². The molecule has 112 valence electrons. The summed E-state index contributed by atoms with van der Waals surface area (Å²) in [6.45, 7) is -0.843. The number of aryl methyl sites for hydroxylation is 1. The number of rotatable bonds is 6. The Kier molecular flexibility index (Phi) is 5.44. The van der Waals surface area contributed by atoms with E-state index in [9.17, 15) is 8.78 Å². The van der Waals surface area contributed by atoms with Crippen LogP contribution in [-0.4, -0.2) is 16.6 Å². The maximum absolute atomic E-state index is 12.4. The Hall–Kier alpha value is -1.76. The van der Waals surface area contributed by atoms with Gasteiger partial charge in [-0.15, -0.1) is 0 Å². The van der Waals surface area contributed by atoms with Crippen molar-refractivity contribution in [2.45, 2.75) is 26.4 Å². The highest BCUT2D eigenvalue weighted by Crippen LogP contribution is 2.28. The zero-order valence-corrected chi connectivity index (χ0v) is 12.9. The summed E-state index contributed by atoms with van der Waals surface area (Å²) < 4.78 is 29.9. The minimum Gasteiger partial charge on any atom is -0.433 e. The highest BCUT2D eigenvalue weighted by atomic mass is 79.9. The molecule has 21 heavy (non-hydrogen) atoms. The molecule has 0 fully saturated rings. The van der Waals surface area contributed by atoms with E-state index in [0.29, 0.717) is 21.9 Å². The smallest absolute Gasteiger partial charge is 0.387 e. The van der Waals surface area contributed by atoms with Gasteiger partial charge in [-0.1, -0.05) is 19.1 Å². The van der Waals surface area contributed by atoms with E-state index >= 15 is 0 Å². The Morgan fingerprint density at radius 1 is 1.29 bits per heavy atom. The fourth-order valence-corrected chi connectivity index (χ4v) is 2.19. The number of hydrogen-bond acceptors (Lipinski definition) is 4. The number of ether oxygens (including phenoxy) is 1. The average Bonchev–Trinajstić information content (AvgIpc) is 2.40. The van der Waals surface area contributed by atoms with Crippen LogP contribution in [0.3, 0.4) is 0 Å². The average molecular weight is 358 g/mol. The lowest BCUT2D eigenvalue weighted by molar-refractivity contribution is -0.0493. The summed E-state index contributed by atoms with van der Waals surface area (Å²) in [4.78, 5) is 8.59. The zero-order valence-electron chi connectivity index (χ0n) is 11.3. The Morgan fingerprint density at radius 2 is 2.05 bits per heavy atom. The first-order valence-electron chi connectivity index (χ1n) is 6.43. The molecule has 1 aromatic heterocycles. The number of para-hydroxylation sites is 2. The van der Waals surface area contributed by atoms with Crippen LogP contribution in [0.5, 0.6) is 5.75 Å². The van der Waals surface area contributed by atoms with Gasteiger partial charge in [-0.05, 0) is 34.5 Å². The van der Waals surface area contributed by atoms with Crippen molar-refractivity contribution in [2.24, 2.45) is 0 Å². The van der Waals surface area contributed by atoms with E-state index in [2.05, 4.69) is 36.0 Å². The van der Waals surface area contributed by atoms with E-state index in [1.54, 1.807) is 24.3 Å². The predicted octanol–water partition coefficient (Wildman–Crippen LogP) is 4.54. The number of nitrogens with zero attached hydrogens (tertiary/aromatic N) is 2. The van der Waals surface area contributed by atoms with Crippen LogP contribution >= 0.6 is 15.9 Å². The molecule has 2 aromatic rings. The van der Waals surface area contributed by atoms with Gasteiger partial charge in [0.15, 0.2) is 0 Å². The van der Waals surface area contributed by atoms with Crippen molar-refractivity contribution in [3.05, 3.63) is 40.8 Å². The zero-order chi connectivity index (χ0) is 15.2. The summed E-state index contributed by atoms with van der Waals surface area (Å²) in [7, 11) is 0. The van der Waals surface area contributed by atoms with E-state index in [-0.39, 0.29) is 5.75 Å². The van der Waals surface area contributed by atoms with E-state index in [1.165, 1.54) is 6.07 Å². The van der Waals surface area contributed by atoms with Crippen molar-refractivity contribution >= 4 is 27.4 Å². The summed E-state index contributed by atoms with van der Waals surface area (Å²) in [5.41, 5.74) is 0.422. The molecule has 4 nitrogen and oxygen atoms in total. The van der Waals surface area contributed by atoms with Crippen molar-refractivity contribution < 1.29 is 13.5 Å². The third-order valence-electron chi connectivity index (χ3n) is 2.58. The number of nitrogens with one attached hydrogen (secondary N) is 1. The van der Waals surface area contributed by atoms with Gasteiger partial charge in [-0.2, -0.15) is 8.78 Å². The van der Waals surface area contributed by atoms with Gasteiger partial charge in [-0.25, -0.2) is 9.97 Å². The second-order valence-corrected chi connectivity index (χ2v) is 5.05. The Balaban J connectivity index is 2.25. The minimum absolute atomic E-state index is 0.0688. The van der Waals surface area contributed by atoms with Crippen LogP contribution in [0.1, 0.15) is 19.2 Å². The molecule has 0 unspecified atom stereocenters. The molecule has 0 bridgehead atoms. The van der Waals surface area contributed by atoms with Crippen LogP contribution in [0, 0.1) is 0 Å². The van der Waals surface area contributed by atoms with Gasteiger partial charge in [-0.3, -0.25) is 0 Å². The molecule has 0 atom stereocenters. The molecule has 0 saturated heterocycles. The summed E-state index contributed by atoms with van der Waals surface area (Å²) in [6.07, 6.45) is 1.66. The first kappa shape index (κ1) is 15.6. The fourth-order valence-electron chi connectivity index (χ4n) is 1.77. The molecule has 0 spiro atoms. The summed E-state index contributed by atoms with van der Waals surface area (Å²) in [5.74, 6) is 1.27. The standard InChI is InChI=1S/C14H14BrF2N3O/c1-2-5-12-19-11(15)8-13(20-12)18-9-6-3-4-7-10(9)21-14(16)17/h3-4,6-8,14H,2,5H2,1H3,(H,18,19,20). The van der Waals surface area contributed by atoms with Gasteiger partial charge >= 0.3 is 6.61 Å². The number of benzene rings is 1. The van der Waals surface area contributed by atoms with Gasteiger partial charge in [0.05, 0.1) is 5.69 Å². The molecule has 0 saturated carbocycles. The predicted molar refractivity (Wildman–Crippen MR) is 80.1 cm³/mol. The molecule has 0 aliphatic heterocycles. The molecule has 0 radical (unpaired) electrons. The first-order valence-corrected chi connectivity index (χ1v) is 7.22. The van der Waals surface area contributed by atoms with Crippen LogP contribution < -0.4 is 10.1 Å². The topological polar surface area (TPSA) is 47.0 Å². The summed E-state index contributed by atoms with van der Waals surface area (Å²) >= 11 is 3.31. The Morgan fingerprint density at radius 3 is 2.76 bits per heavy atom. The molecule has 0 aliphatic carbocycles. The van der Waals surface area contributed by atoms with E-state index in [0.717, 1.165) is 12.8 Å². The second-order valence-electron chi connectivity index (χ2n) is 4.24. The summed E-state index contributed by atoms with van der Waals surface area (Å²) in [6, 6.07) is 8.15. The first-order chi connectivity index (χ1) is 10.1. The van der Waals surface area contributed by atoms with Crippen molar-refractivity contribution in [1.82, 2.24) is 9.97 Å². The number of hydrogen-bond donors (Lipinski definition) is 1. The van der Waals surface area contributed by atoms with E-state index in [4.69, 9.17) is 0 Å². The number of halogens is 3. The van der Waals surface area contributed by atoms with Gasteiger partial charge in [0, 0.05) is 12.5 Å². The van der Waals surface area contributed by atoms with Crippen LogP contribution in [0.25, 0.3) is 0 Å². The second kappa shape index (κ2) is 7.31. The maximum Gasteiger partial charge on any atom is 0.387 e. The molecule has 1 aromatic carbocycles. The highest BCUT2D eigenvalue weighted by molar-refractivity contribution is 9.10. The number of alkyl halides is 2. The molecule has 2 rings (SSSR count). The lowest BCUT2D eigenvalue weighted by atomic mass is 10.3. The van der Waals surface area contributed by atoms with Gasteiger partial charge in [0.2, 0.25) is 0 Å². The van der Waals surface area contributed by atoms with Crippen LogP contribution in [0.2, 0.25) is 0 Å². The lowest BCUT2D eigenvalue weighted by Gasteiger charge is -2.12. The highest BCUT2D eigenvalue weighted by Gasteiger charge is 2.10. The quantitative estimate of drug-likeness (QED) is 0.771. The van der Waals surface area contributed by atoms with Crippen LogP contribution in [0.15, 0.2) is 34.9 Å². The van der Waals surface area contributed by atoms with Crippen LogP contribution in [0.4, 0.5) is 20.3 Å².